The van der Waals surface area contributed by atoms with Crippen molar-refractivity contribution in [3.05, 3.63) is 54.1 Å². The maximum atomic E-state index is 13.9. The van der Waals surface area contributed by atoms with Gasteiger partial charge in [0, 0.05) is 23.7 Å². The Morgan fingerprint density at radius 2 is 1.50 bits per heavy atom. The molecule has 2 N–H and O–H groups in total. The van der Waals surface area contributed by atoms with Gasteiger partial charge in [-0.25, -0.2) is 21.9 Å². The number of nitrogens with one attached hydrogen (secondary N) is 2. The molecular weight excluding hydrogens is 427 g/mol. The summed E-state index contributed by atoms with van der Waals surface area (Å²) >= 11 is 0. The van der Waals surface area contributed by atoms with Crippen molar-refractivity contribution < 1.29 is 30.4 Å². The highest BCUT2D eigenvalue weighted by Crippen LogP contribution is 2.26. The summed E-state index contributed by atoms with van der Waals surface area (Å²) in [4.78, 5) is -0.00825. The normalized spacial score (nSPS) is 20.3. The summed E-state index contributed by atoms with van der Waals surface area (Å²) in [5.41, 5.74) is 0.556. The standard InChI is InChI=1S/C20H21F5N2O2S/c21-14-3-10-18(19(22)11-14)13-1-8-17(9-2-13)30(28,29)27-16-6-4-15(5-7-16)26-12-20(23,24)25/h1-3,8-11,15-16,26-27H,4-7,12H2. The van der Waals surface area contributed by atoms with Crippen LogP contribution in [-0.4, -0.2) is 33.2 Å². The smallest absolute Gasteiger partial charge is 0.306 e. The van der Waals surface area contributed by atoms with Crippen molar-refractivity contribution in [3.63, 3.8) is 0 Å². The highest BCUT2D eigenvalue weighted by molar-refractivity contribution is 7.89. The Hall–Kier alpha value is -2.04. The summed E-state index contributed by atoms with van der Waals surface area (Å²) in [5.74, 6) is -1.46. The van der Waals surface area contributed by atoms with Crippen LogP contribution in [0.25, 0.3) is 11.1 Å². The lowest BCUT2D eigenvalue weighted by Crippen LogP contribution is -2.44. The first-order chi connectivity index (χ1) is 14.0. The fourth-order valence-corrected chi connectivity index (χ4v) is 4.81. The molecule has 30 heavy (non-hydrogen) atoms. The highest BCUT2D eigenvalue weighted by atomic mass is 32.2. The van der Waals surface area contributed by atoms with E-state index in [0.29, 0.717) is 31.2 Å². The van der Waals surface area contributed by atoms with Crippen molar-refractivity contribution in [1.29, 1.82) is 0 Å². The molecule has 0 radical (unpaired) electrons. The molecule has 0 spiro atoms. The summed E-state index contributed by atoms with van der Waals surface area (Å²) in [6.07, 6.45) is -2.55. The van der Waals surface area contributed by atoms with E-state index in [1.54, 1.807) is 0 Å². The number of halogens is 5. The summed E-state index contributed by atoms with van der Waals surface area (Å²) in [7, 11) is -3.83. The van der Waals surface area contributed by atoms with E-state index in [1.807, 2.05) is 0 Å². The summed E-state index contributed by atoms with van der Waals surface area (Å²) < 4.78 is 91.6. The molecule has 0 aromatic heterocycles. The Kier molecular flexibility index (Phi) is 6.78. The van der Waals surface area contributed by atoms with Gasteiger partial charge in [0.05, 0.1) is 11.4 Å². The minimum absolute atomic E-state index is 0.00825. The first-order valence-electron chi connectivity index (χ1n) is 9.41. The van der Waals surface area contributed by atoms with Crippen LogP contribution in [0.4, 0.5) is 22.0 Å². The molecule has 164 valence electrons. The van der Waals surface area contributed by atoms with Gasteiger partial charge in [0.1, 0.15) is 11.6 Å². The summed E-state index contributed by atoms with van der Waals surface area (Å²) in [6.45, 7) is -1.06. The van der Waals surface area contributed by atoms with Crippen molar-refractivity contribution in [2.75, 3.05) is 6.54 Å². The minimum atomic E-state index is -4.28. The van der Waals surface area contributed by atoms with Crippen LogP contribution in [0.5, 0.6) is 0 Å². The van der Waals surface area contributed by atoms with Crippen molar-refractivity contribution >= 4 is 10.0 Å². The third-order valence-electron chi connectivity index (χ3n) is 5.05. The predicted molar refractivity (Wildman–Crippen MR) is 102 cm³/mol. The Bertz CT molecular complexity index is 970. The first-order valence-corrected chi connectivity index (χ1v) is 10.9. The molecule has 10 heteroatoms. The first kappa shape index (κ1) is 22.6. The summed E-state index contributed by atoms with van der Waals surface area (Å²) in [5, 5.41) is 2.45. The van der Waals surface area contributed by atoms with Crippen LogP contribution in [0.3, 0.4) is 0 Å². The van der Waals surface area contributed by atoms with Gasteiger partial charge in [-0.2, -0.15) is 13.2 Å². The van der Waals surface area contributed by atoms with Gasteiger partial charge in [-0.15, -0.1) is 0 Å². The fourth-order valence-electron chi connectivity index (χ4n) is 3.50. The number of benzene rings is 2. The second-order valence-electron chi connectivity index (χ2n) is 7.31. The molecule has 0 unspecified atom stereocenters. The van der Waals surface area contributed by atoms with Gasteiger partial charge in [0.2, 0.25) is 10.0 Å². The number of sulfonamides is 1. The average Bonchev–Trinajstić information content (AvgIpc) is 2.67. The molecule has 4 nitrogen and oxygen atoms in total. The van der Waals surface area contributed by atoms with E-state index in [9.17, 15) is 30.4 Å². The van der Waals surface area contributed by atoms with E-state index in [-0.39, 0.29) is 22.5 Å². The van der Waals surface area contributed by atoms with Crippen LogP contribution in [0.2, 0.25) is 0 Å². The lowest BCUT2D eigenvalue weighted by Gasteiger charge is -2.29. The predicted octanol–water partition coefficient (Wildman–Crippen LogP) is 4.37. The topological polar surface area (TPSA) is 58.2 Å². The fraction of sp³-hybridized carbons (Fsp3) is 0.400. The molecule has 2 aromatic carbocycles. The molecule has 1 fully saturated rings. The van der Waals surface area contributed by atoms with E-state index in [2.05, 4.69) is 10.0 Å². The number of rotatable bonds is 6. The molecular formula is C20H21F5N2O2S. The number of hydrogen-bond donors (Lipinski definition) is 2. The minimum Gasteiger partial charge on any atom is -0.306 e. The van der Waals surface area contributed by atoms with Crippen LogP contribution in [0, 0.1) is 11.6 Å². The maximum absolute atomic E-state index is 13.9. The monoisotopic (exact) mass is 448 g/mol. The molecule has 1 saturated carbocycles. The van der Waals surface area contributed by atoms with Gasteiger partial charge in [-0.1, -0.05) is 12.1 Å². The Morgan fingerprint density at radius 1 is 0.900 bits per heavy atom. The van der Waals surface area contributed by atoms with Gasteiger partial charge in [0.15, 0.2) is 0 Å². The van der Waals surface area contributed by atoms with E-state index in [1.165, 1.54) is 30.3 Å². The Morgan fingerprint density at radius 3 is 2.07 bits per heavy atom. The molecule has 2 aromatic rings. The second-order valence-corrected chi connectivity index (χ2v) is 9.03. The summed E-state index contributed by atoms with van der Waals surface area (Å²) in [6, 6.07) is 8.01. The molecule has 0 saturated heterocycles. The van der Waals surface area contributed by atoms with Crippen molar-refractivity contribution in [3.8, 4) is 11.1 Å². The van der Waals surface area contributed by atoms with E-state index in [4.69, 9.17) is 0 Å². The second kappa shape index (κ2) is 8.99. The lowest BCUT2D eigenvalue weighted by atomic mass is 9.92. The van der Waals surface area contributed by atoms with E-state index < -0.39 is 34.4 Å². The van der Waals surface area contributed by atoms with Crippen LogP contribution in [0.15, 0.2) is 47.4 Å². The quantitative estimate of drug-likeness (QED) is 0.646. The average molecular weight is 448 g/mol. The molecule has 0 bridgehead atoms. The zero-order chi connectivity index (χ0) is 21.9. The van der Waals surface area contributed by atoms with Crippen LogP contribution in [-0.2, 0) is 10.0 Å². The van der Waals surface area contributed by atoms with E-state index >= 15 is 0 Å². The molecule has 1 aliphatic rings. The largest absolute Gasteiger partial charge is 0.401 e. The maximum Gasteiger partial charge on any atom is 0.401 e. The van der Waals surface area contributed by atoms with Crippen molar-refractivity contribution in [2.45, 2.75) is 48.8 Å². The van der Waals surface area contributed by atoms with Crippen molar-refractivity contribution in [2.24, 2.45) is 0 Å². The number of hydrogen-bond acceptors (Lipinski definition) is 3. The molecule has 0 heterocycles. The zero-order valence-corrected chi connectivity index (χ0v) is 16.7. The van der Waals surface area contributed by atoms with Crippen LogP contribution < -0.4 is 10.0 Å². The van der Waals surface area contributed by atoms with Gasteiger partial charge in [0.25, 0.3) is 0 Å². The highest BCUT2D eigenvalue weighted by Gasteiger charge is 2.30. The van der Waals surface area contributed by atoms with Crippen molar-refractivity contribution in [1.82, 2.24) is 10.0 Å². The van der Waals surface area contributed by atoms with Crippen LogP contribution in [0.1, 0.15) is 25.7 Å². The Balaban J connectivity index is 1.60. The molecule has 0 atom stereocenters. The molecule has 0 amide bonds. The van der Waals surface area contributed by atoms with E-state index in [0.717, 1.165) is 12.1 Å². The van der Waals surface area contributed by atoms with Gasteiger partial charge in [-0.05, 0) is 55.5 Å². The third kappa shape index (κ3) is 5.99. The van der Waals surface area contributed by atoms with Crippen LogP contribution >= 0.6 is 0 Å². The number of alkyl halides is 3. The van der Waals surface area contributed by atoms with Gasteiger partial charge in [-0.3, -0.25) is 0 Å². The third-order valence-corrected chi connectivity index (χ3v) is 6.58. The Labute approximate surface area is 171 Å². The van der Waals surface area contributed by atoms with Gasteiger partial charge >= 0.3 is 6.18 Å². The molecule has 1 aliphatic carbocycles. The van der Waals surface area contributed by atoms with Gasteiger partial charge < -0.3 is 5.32 Å². The lowest BCUT2D eigenvalue weighted by molar-refractivity contribution is -0.126. The molecule has 3 rings (SSSR count). The SMILES string of the molecule is O=S(=O)(NC1CCC(NCC(F)(F)F)CC1)c1ccc(-c2ccc(F)cc2F)cc1. The zero-order valence-electron chi connectivity index (χ0n) is 15.8. The molecule has 0 aliphatic heterocycles.